The number of nitrogens with zero attached hydrogens (tertiary/aromatic N) is 1. The van der Waals surface area contributed by atoms with Crippen molar-refractivity contribution in [3.63, 3.8) is 0 Å². The van der Waals surface area contributed by atoms with Gasteiger partial charge >= 0.3 is 0 Å². The highest BCUT2D eigenvalue weighted by molar-refractivity contribution is 5.87. The SMILES string of the molecule is CCC(=O)CCCCCC(NC(=O)CCC(C)C)C(=O)NCCC1CCN(C(C)C)CC1. The maximum Gasteiger partial charge on any atom is 0.242 e. The number of nitrogens with one attached hydrogen (secondary N) is 2. The fraction of sp³-hybridized carbons (Fsp3) is 0.885. The first-order chi connectivity index (χ1) is 15.2. The number of rotatable bonds is 16. The topological polar surface area (TPSA) is 78.5 Å². The van der Waals surface area contributed by atoms with Gasteiger partial charge in [0.25, 0.3) is 0 Å². The van der Waals surface area contributed by atoms with Crippen molar-refractivity contribution >= 4 is 17.6 Å². The molecule has 186 valence electrons. The minimum atomic E-state index is -0.473. The molecular formula is C26H49N3O3. The number of hydrogen-bond donors (Lipinski definition) is 2. The molecule has 1 unspecified atom stereocenters. The lowest BCUT2D eigenvalue weighted by molar-refractivity contribution is -0.129. The van der Waals surface area contributed by atoms with E-state index in [1.165, 1.54) is 12.8 Å². The smallest absolute Gasteiger partial charge is 0.242 e. The lowest BCUT2D eigenvalue weighted by Crippen LogP contribution is -2.47. The Morgan fingerprint density at radius 1 is 0.938 bits per heavy atom. The van der Waals surface area contributed by atoms with Crippen LogP contribution in [0.2, 0.25) is 0 Å². The number of carbonyl (C=O) groups excluding carboxylic acids is 3. The molecule has 0 saturated carbocycles. The first kappa shape index (κ1) is 28.6. The lowest BCUT2D eigenvalue weighted by atomic mass is 9.93. The molecule has 1 aliphatic heterocycles. The molecule has 1 heterocycles. The highest BCUT2D eigenvalue weighted by Crippen LogP contribution is 2.21. The zero-order valence-electron chi connectivity index (χ0n) is 21.4. The number of Topliss-reactive ketones (excluding diaryl/α,β-unsaturated/α-hetero) is 1. The van der Waals surface area contributed by atoms with Crippen LogP contribution < -0.4 is 10.6 Å². The van der Waals surface area contributed by atoms with Crippen molar-refractivity contribution in [1.29, 1.82) is 0 Å². The minimum absolute atomic E-state index is 0.0407. The van der Waals surface area contributed by atoms with E-state index in [0.29, 0.717) is 55.9 Å². The standard InChI is InChI=1S/C26H49N3O3/c1-6-23(30)10-8-7-9-11-24(28-25(31)13-12-20(2)3)26(32)27-17-14-22-15-18-29(19-16-22)21(4)5/h20-22,24H,6-19H2,1-5H3,(H,27,32)(H,28,31). The summed E-state index contributed by atoms with van der Waals surface area (Å²) in [4.78, 5) is 39.2. The third-order valence-electron chi connectivity index (χ3n) is 6.67. The van der Waals surface area contributed by atoms with Crippen molar-refractivity contribution in [3.8, 4) is 0 Å². The van der Waals surface area contributed by atoms with E-state index in [1.807, 2.05) is 6.92 Å². The lowest BCUT2D eigenvalue weighted by Gasteiger charge is -2.34. The van der Waals surface area contributed by atoms with Gasteiger partial charge in [-0.2, -0.15) is 0 Å². The van der Waals surface area contributed by atoms with Crippen LogP contribution in [0.5, 0.6) is 0 Å². The molecule has 0 aromatic carbocycles. The molecule has 0 aromatic heterocycles. The number of carbonyl (C=O) groups is 3. The van der Waals surface area contributed by atoms with Gasteiger partial charge < -0.3 is 15.5 Å². The number of piperidine rings is 1. The maximum atomic E-state index is 12.8. The van der Waals surface area contributed by atoms with Gasteiger partial charge in [0, 0.05) is 31.8 Å². The van der Waals surface area contributed by atoms with Crippen molar-refractivity contribution in [2.45, 2.75) is 117 Å². The second-order valence-corrected chi connectivity index (χ2v) is 10.2. The van der Waals surface area contributed by atoms with E-state index in [9.17, 15) is 14.4 Å². The Morgan fingerprint density at radius 3 is 2.22 bits per heavy atom. The zero-order chi connectivity index (χ0) is 23.9. The number of likely N-dealkylation sites (tertiary alicyclic amines) is 1. The van der Waals surface area contributed by atoms with Crippen molar-refractivity contribution < 1.29 is 14.4 Å². The fourth-order valence-electron chi connectivity index (χ4n) is 4.26. The zero-order valence-corrected chi connectivity index (χ0v) is 21.4. The average molecular weight is 452 g/mol. The summed E-state index contributed by atoms with van der Waals surface area (Å²) in [6, 6.07) is 0.134. The first-order valence-corrected chi connectivity index (χ1v) is 13.1. The molecular weight excluding hydrogens is 402 g/mol. The van der Waals surface area contributed by atoms with E-state index in [1.54, 1.807) is 0 Å². The average Bonchev–Trinajstić information content (AvgIpc) is 2.76. The molecule has 1 saturated heterocycles. The molecule has 1 aliphatic rings. The molecule has 1 fully saturated rings. The van der Waals surface area contributed by atoms with Gasteiger partial charge in [-0.25, -0.2) is 0 Å². The molecule has 0 radical (unpaired) electrons. The Labute approximate surface area is 196 Å². The summed E-state index contributed by atoms with van der Waals surface area (Å²) in [6.07, 6.45) is 9.12. The summed E-state index contributed by atoms with van der Waals surface area (Å²) >= 11 is 0. The normalized spacial score (nSPS) is 16.3. The van der Waals surface area contributed by atoms with Crippen LogP contribution in [0.25, 0.3) is 0 Å². The van der Waals surface area contributed by atoms with Crippen molar-refractivity contribution in [2.24, 2.45) is 11.8 Å². The van der Waals surface area contributed by atoms with Crippen molar-refractivity contribution in [2.75, 3.05) is 19.6 Å². The molecule has 32 heavy (non-hydrogen) atoms. The highest BCUT2D eigenvalue weighted by Gasteiger charge is 2.23. The quantitative estimate of drug-likeness (QED) is 0.340. The van der Waals surface area contributed by atoms with Crippen LogP contribution in [0, 0.1) is 11.8 Å². The third-order valence-corrected chi connectivity index (χ3v) is 6.67. The second kappa shape index (κ2) is 16.2. The van der Waals surface area contributed by atoms with Gasteiger partial charge in [-0.15, -0.1) is 0 Å². The van der Waals surface area contributed by atoms with Gasteiger partial charge in [-0.1, -0.05) is 33.6 Å². The van der Waals surface area contributed by atoms with Crippen LogP contribution in [0.3, 0.4) is 0 Å². The van der Waals surface area contributed by atoms with Crippen LogP contribution in [-0.4, -0.2) is 54.2 Å². The van der Waals surface area contributed by atoms with Gasteiger partial charge in [0.15, 0.2) is 0 Å². The first-order valence-electron chi connectivity index (χ1n) is 13.1. The minimum Gasteiger partial charge on any atom is -0.354 e. The Balaban J connectivity index is 2.42. The van der Waals surface area contributed by atoms with Crippen LogP contribution in [0.15, 0.2) is 0 Å². The molecule has 0 aliphatic carbocycles. The summed E-state index contributed by atoms with van der Waals surface area (Å²) in [5.41, 5.74) is 0. The third kappa shape index (κ3) is 12.6. The summed E-state index contributed by atoms with van der Waals surface area (Å²) in [7, 11) is 0. The Hall–Kier alpha value is -1.43. The fourth-order valence-corrected chi connectivity index (χ4v) is 4.26. The molecule has 2 N–H and O–H groups in total. The molecule has 1 rings (SSSR count). The molecule has 0 spiro atoms. The van der Waals surface area contributed by atoms with Crippen LogP contribution >= 0.6 is 0 Å². The van der Waals surface area contributed by atoms with E-state index in [4.69, 9.17) is 0 Å². The molecule has 0 bridgehead atoms. The Bertz CT molecular complexity index is 555. The number of amides is 2. The Kier molecular flexibility index (Phi) is 14.5. The molecule has 6 nitrogen and oxygen atoms in total. The monoisotopic (exact) mass is 451 g/mol. The van der Waals surface area contributed by atoms with Crippen LogP contribution in [-0.2, 0) is 14.4 Å². The van der Waals surface area contributed by atoms with Gasteiger partial charge in [0.2, 0.25) is 11.8 Å². The molecule has 0 aromatic rings. The molecule has 1 atom stereocenters. The van der Waals surface area contributed by atoms with E-state index < -0.39 is 6.04 Å². The predicted molar refractivity (Wildman–Crippen MR) is 131 cm³/mol. The summed E-state index contributed by atoms with van der Waals surface area (Å²) in [5, 5.41) is 6.05. The van der Waals surface area contributed by atoms with E-state index in [-0.39, 0.29) is 11.8 Å². The largest absolute Gasteiger partial charge is 0.354 e. The van der Waals surface area contributed by atoms with Crippen molar-refractivity contribution in [3.05, 3.63) is 0 Å². The predicted octanol–water partition coefficient (Wildman–Crippen LogP) is 4.46. The highest BCUT2D eigenvalue weighted by atomic mass is 16.2. The van der Waals surface area contributed by atoms with E-state index in [2.05, 4.69) is 43.2 Å². The van der Waals surface area contributed by atoms with Crippen molar-refractivity contribution in [1.82, 2.24) is 15.5 Å². The number of ketones is 1. The Morgan fingerprint density at radius 2 is 1.62 bits per heavy atom. The molecule has 2 amide bonds. The van der Waals surface area contributed by atoms with E-state index >= 15 is 0 Å². The summed E-state index contributed by atoms with van der Waals surface area (Å²) < 4.78 is 0. The molecule has 6 heteroatoms. The van der Waals surface area contributed by atoms with Gasteiger partial charge in [-0.05, 0) is 77.3 Å². The van der Waals surface area contributed by atoms with Gasteiger partial charge in [0.1, 0.15) is 11.8 Å². The summed E-state index contributed by atoms with van der Waals surface area (Å²) in [6.45, 7) is 13.5. The number of hydrogen-bond acceptors (Lipinski definition) is 4. The second-order valence-electron chi connectivity index (χ2n) is 10.2. The van der Waals surface area contributed by atoms with Crippen LogP contribution in [0.1, 0.15) is 105 Å². The van der Waals surface area contributed by atoms with Gasteiger partial charge in [-0.3, -0.25) is 14.4 Å². The summed E-state index contributed by atoms with van der Waals surface area (Å²) in [5.74, 6) is 1.32. The number of unbranched alkanes of at least 4 members (excludes halogenated alkanes) is 2. The van der Waals surface area contributed by atoms with Crippen LogP contribution in [0.4, 0.5) is 0 Å². The van der Waals surface area contributed by atoms with E-state index in [0.717, 1.165) is 45.2 Å². The maximum absolute atomic E-state index is 12.8. The van der Waals surface area contributed by atoms with Gasteiger partial charge in [0.05, 0.1) is 0 Å².